The van der Waals surface area contributed by atoms with Gasteiger partial charge in [0.05, 0.1) is 23.7 Å². The monoisotopic (exact) mass is 541 g/mol. The molecule has 208 valence electrons. The summed E-state index contributed by atoms with van der Waals surface area (Å²) in [5.41, 5.74) is 11.9. The van der Waals surface area contributed by atoms with Crippen LogP contribution in [0.5, 0.6) is 5.75 Å². The average molecular weight is 542 g/mol. The van der Waals surface area contributed by atoms with Gasteiger partial charge in [-0.1, -0.05) is 62.4 Å². The Labute approximate surface area is 234 Å². The first-order chi connectivity index (χ1) is 19.2. The van der Waals surface area contributed by atoms with Crippen molar-refractivity contribution in [2.45, 2.75) is 46.7 Å². The maximum atomic E-state index is 15.2. The van der Waals surface area contributed by atoms with E-state index < -0.39 is 11.8 Å². The highest BCUT2D eigenvalue weighted by Crippen LogP contribution is 2.39. The predicted molar refractivity (Wildman–Crippen MR) is 156 cm³/mol. The topological polar surface area (TPSA) is 85.4 Å². The summed E-state index contributed by atoms with van der Waals surface area (Å²) < 4.78 is 23.4. The predicted octanol–water partition coefficient (Wildman–Crippen LogP) is 6.63. The number of carbonyl (C=O) groups is 1. The van der Waals surface area contributed by atoms with Gasteiger partial charge in [0.25, 0.3) is 0 Å². The minimum absolute atomic E-state index is 0.0346. The van der Waals surface area contributed by atoms with Gasteiger partial charge in [0, 0.05) is 36.7 Å². The third-order valence-corrected chi connectivity index (χ3v) is 7.38. The van der Waals surface area contributed by atoms with E-state index in [9.17, 15) is 4.79 Å². The van der Waals surface area contributed by atoms with E-state index in [2.05, 4.69) is 55.3 Å². The Kier molecular flexibility index (Phi) is 7.89. The molecule has 0 saturated carbocycles. The molecule has 2 heterocycles. The number of hydrogen-bond donors (Lipinski definition) is 2. The van der Waals surface area contributed by atoms with Crippen LogP contribution in [0.2, 0.25) is 0 Å². The SMILES string of the molecule is Cc1cccc(OCC(C)C)c1-n1nc2c(c1-c1ccc(NC(N)=O)c(F)c1)CN(C(C)c1ccccc1)CC2. The van der Waals surface area contributed by atoms with Gasteiger partial charge in [-0.05, 0) is 49.1 Å². The summed E-state index contributed by atoms with van der Waals surface area (Å²) in [5.74, 6) is 0.520. The number of benzene rings is 3. The zero-order valence-corrected chi connectivity index (χ0v) is 23.4. The molecule has 1 atom stereocenters. The molecule has 4 aromatic rings. The first kappa shape index (κ1) is 27.4. The van der Waals surface area contributed by atoms with Gasteiger partial charge in [-0.3, -0.25) is 4.90 Å². The fraction of sp³-hybridized carbons (Fsp3) is 0.312. The average Bonchev–Trinajstić information content (AvgIpc) is 3.31. The summed E-state index contributed by atoms with van der Waals surface area (Å²) in [4.78, 5) is 13.8. The highest BCUT2D eigenvalue weighted by Gasteiger charge is 2.30. The quantitative estimate of drug-likeness (QED) is 0.262. The van der Waals surface area contributed by atoms with E-state index in [-0.39, 0.29) is 11.7 Å². The molecule has 3 N–H and O–H groups in total. The number of halogens is 1. The van der Waals surface area contributed by atoms with Crippen LogP contribution in [0.4, 0.5) is 14.9 Å². The second-order valence-electron chi connectivity index (χ2n) is 10.8. The second-order valence-corrected chi connectivity index (χ2v) is 10.8. The highest BCUT2D eigenvalue weighted by molar-refractivity contribution is 5.88. The Balaban J connectivity index is 1.65. The van der Waals surface area contributed by atoms with Crippen molar-refractivity contribution >= 4 is 11.7 Å². The number of urea groups is 1. The zero-order valence-electron chi connectivity index (χ0n) is 23.4. The lowest BCUT2D eigenvalue weighted by Crippen LogP contribution is -2.32. The fourth-order valence-corrected chi connectivity index (χ4v) is 5.30. The number of para-hydroxylation sites is 1. The number of aryl methyl sites for hydroxylation is 1. The van der Waals surface area contributed by atoms with Gasteiger partial charge in [0.2, 0.25) is 0 Å². The van der Waals surface area contributed by atoms with Crippen LogP contribution < -0.4 is 15.8 Å². The normalized spacial score (nSPS) is 14.2. The zero-order chi connectivity index (χ0) is 28.4. The van der Waals surface area contributed by atoms with Gasteiger partial charge in [0.1, 0.15) is 17.3 Å². The molecular weight excluding hydrogens is 505 g/mol. The standard InChI is InChI=1S/C32H36FN5O2/c1-20(2)19-40-29-12-8-9-21(3)30(29)38-31(24-13-14-28(26(33)17-24)35-32(34)39)25-18-37(16-15-27(25)36-38)22(4)23-10-6-5-7-11-23/h5-14,17,20,22H,15-16,18-19H2,1-4H3,(H3,34,35,39). The minimum atomic E-state index is -0.813. The molecule has 0 bridgehead atoms. The number of ether oxygens (including phenoxy) is 1. The Bertz CT molecular complexity index is 1520. The van der Waals surface area contributed by atoms with Crippen molar-refractivity contribution in [3.8, 4) is 22.7 Å². The van der Waals surface area contributed by atoms with Crippen LogP contribution in [-0.2, 0) is 13.0 Å². The van der Waals surface area contributed by atoms with Crippen LogP contribution >= 0.6 is 0 Å². The third kappa shape index (κ3) is 5.58. The minimum Gasteiger partial charge on any atom is -0.491 e. The lowest BCUT2D eigenvalue weighted by Gasteiger charge is -2.32. The van der Waals surface area contributed by atoms with Crippen LogP contribution in [0.15, 0.2) is 66.7 Å². The fourth-order valence-electron chi connectivity index (χ4n) is 5.30. The van der Waals surface area contributed by atoms with Crippen molar-refractivity contribution in [2.24, 2.45) is 11.7 Å². The molecule has 1 aliphatic heterocycles. The number of fused-ring (bicyclic) bond motifs is 1. The molecule has 0 saturated heterocycles. The molecule has 0 radical (unpaired) electrons. The van der Waals surface area contributed by atoms with Crippen LogP contribution in [0.25, 0.3) is 16.9 Å². The van der Waals surface area contributed by atoms with E-state index in [1.807, 2.05) is 35.9 Å². The van der Waals surface area contributed by atoms with Gasteiger partial charge < -0.3 is 15.8 Å². The molecule has 2 amide bonds. The lowest BCUT2D eigenvalue weighted by atomic mass is 9.97. The third-order valence-electron chi connectivity index (χ3n) is 7.38. The number of aromatic nitrogens is 2. The summed E-state index contributed by atoms with van der Waals surface area (Å²) in [6.45, 7) is 10.6. The molecule has 1 unspecified atom stereocenters. The Morgan fingerprint density at radius 3 is 2.58 bits per heavy atom. The van der Waals surface area contributed by atoms with E-state index in [4.69, 9.17) is 15.6 Å². The number of anilines is 1. The number of hydrogen-bond acceptors (Lipinski definition) is 4. The number of rotatable bonds is 8. The number of nitrogens with one attached hydrogen (secondary N) is 1. The Morgan fingerprint density at radius 2 is 1.88 bits per heavy atom. The summed E-state index contributed by atoms with van der Waals surface area (Å²) >= 11 is 0. The van der Waals surface area contributed by atoms with Crippen molar-refractivity contribution in [3.63, 3.8) is 0 Å². The summed E-state index contributed by atoms with van der Waals surface area (Å²) in [6, 6.07) is 20.6. The Morgan fingerprint density at radius 1 is 1.10 bits per heavy atom. The summed E-state index contributed by atoms with van der Waals surface area (Å²) in [6.07, 6.45) is 0.768. The lowest BCUT2D eigenvalue weighted by molar-refractivity contribution is 0.192. The molecule has 1 aliphatic rings. The molecular formula is C32H36FN5O2. The summed E-state index contributed by atoms with van der Waals surface area (Å²) in [7, 11) is 0. The van der Waals surface area contributed by atoms with E-state index >= 15 is 4.39 Å². The number of carbonyl (C=O) groups excluding carboxylic acids is 1. The van der Waals surface area contributed by atoms with Crippen molar-refractivity contribution in [2.75, 3.05) is 18.5 Å². The van der Waals surface area contributed by atoms with Gasteiger partial charge in [-0.25, -0.2) is 13.9 Å². The van der Waals surface area contributed by atoms with Crippen molar-refractivity contribution in [3.05, 3.63) is 94.9 Å². The number of primary amides is 1. The number of nitrogens with zero attached hydrogens (tertiary/aromatic N) is 3. The maximum Gasteiger partial charge on any atom is 0.316 e. The Hall–Kier alpha value is -4.17. The maximum absolute atomic E-state index is 15.2. The molecule has 40 heavy (non-hydrogen) atoms. The molecule has 8 heteroatoms. The van der Waals surface area contributed by atoms with Gasteiger partial charge in [-0.15, -0.1) is 0 Å². The molecule has 5 rings (SSSR count). The molecule has 3 aromatic carbocycles. The molecule has 1 aromatic heterocycles. The smallest absolute Gasteiger partial charge is 0.316 e. The molecule has 7 nitrogen and oxygen atoms in total. The number of nitrogens with two attached hydrogens (primary N) is 1. The van der Waals surface area contributed by atoms with E-state index in [1.54, 1.807) is 12.1 Å². The van der Waals surface area contributed by atoms with Gasteiger partial charge in [-0.2, -0.15) is 5.10 Å². The first-order valence-corrected chi connectivity index (χ1v) is 13.7. The summed E-state index contributed by atoms with van der Waals surface area (Å²) in [5, 5.41) is 7.46. The van der Waals surface area contributed by atoms with Crippen LogP contribution in [0.3, 0.4) is 0 Å². The van der Waals surface area contributed by atoms with Crippen molar-refractivity contribution < 1.29 is 13.9 Å². The van der Waals surface area contributed by atoms with Crippen LogP contribution in [0, 0.1) is 18.7 Å². The van der Waals surface area contributed by atoms with E-state index in [0.29, 0.717) is 24.6 Å². The van der Waals surface area contributed by atoms with Crippen molar-refractivity contribution in [1.82, 2.24) is 14.7 Å². The first-order valence-electron chi connectivity index (χ1n) is 13.7. The molecule has 0 aliphatic carbocycles. The number of amides is 2. The van der Waals surface area contributed by atoms with Crippen LogP contribution in [-0.4, -0.2) is 33.9 Å². The largest absolute Gasteiger partial charge is 0.491 e. The van der Waals surface area contributed by atoms with Crippen molar-refractivity contribution in [1.29, 1.82) is 0 Å². The second kappa shape index (κ2) is 11.5. The van der Waals surface area contributed by atoms with Gasteiger partial charge in [0.15, 0.2) is 0 Å². The molecule has 0 spiro atoms. The molecule has 0 fully saturated rings. The van der Waals surface area contributed by atoms with E-state index in [1.165, 1.54) is 11.6 Å². The van der Waals surface area contributed by atoms with Crippen LogP contribution in [0.1, 0.15) is 49.2 Å². The highest BCUT2D eigenvalue weighted by atomic mass is 19.1. The van der Waals surface area contributed by atoms with Gasteiger partial charge >= 0.3 is 6.03 Å². The van der Waals surface area contributed by atoms with E-state index in [0.717, 1.165) is 46.9 Å².